The first kappa shape index (κ1) is 15.2. The Morgan fingerprint density at radius 3 is 2.65 bits per heavy atom. The van der Waals surface area contributed by atoms with Crippen LogP contribution in [-0.4, -0.2) is 20.8 Å². The minimum atomic E-state index is 0.280. The predicted octanol–water partition coefficient (Wildman–Crippen LogP) is 3.93. The molecule has 1 unspecified atom stereocenters. The van der Waals surface area contributed by atoms with Crippen molar-refractivity contribution in [2.45, 2.75) is 45.1 Å². The van der Waals surface area contributed by atoms with Gasteiger partial charge in [0.15, 0.2) is 0 Å². The minimum absolute atomic E-state index is 0.280. The third kappa shape index (κ3) is 3.89. The average molecular weight is 277 g/mol. The second kappa shape index (κ2) is 7.53. The largest absolute Gasteiger partial charge is 0.497 e. The lowest BCUT2D eigenvalue weighted by molar-refractivity contribution is 0.206. The summed E-state index contributed by atoms with van der Waals surface area (Å²) in [5.74, 6) is 2.53. The second-order valence-electron chi connectivity index (χ2n) is 5.73. The normalized spacial score (nSPS) is 17.8. The molecule has 3 heteroatoms. The first-order valence-corrected chi connectivity index (χ1v) is 7.72. The molecule has 0 radical (unpaired) electrons. The van der Waals surface area contributed by atoms with Gasteiger partial charge in [0.1, 0.15) is 11.5 Å². The van der Waals surface area contributed by atoms with E-state index in [9.17, 15) is 0 Å². The highest BCUT2D eigenvalue weighted by molar-refractivity contribution is 5.42. The monoisotopic (exact) mass is 277 g/mol. The molecule has 112 valence electrons. The van der Waals surface area contributed by atoms with E-state index in [0.29, 0.717) is 5.92 Å². The summed E-state index contributed by atoms with van der Waals surface area (Å²) in [6, 6.07) is 6.38. The quantitative estimate of drug-likeness (QED) is 0.854. The van der Waals surface area contributed by atoms with Gasteiger partial charge in [-0.25, -0.2) is 0 Å². The van der Waals surface area contributed by atoms with Crippen molar-refractivity contribution in [1.29, 1.82) is 0 Å². The van der Waals surface area contributed by atoms with Gasteiger partial charge in [0.05, 0.1) is 13.7 Å². The van der Waals surface area contributed by atoms with Crippen LogP contribution in [0.5, 0.6) is 11.5 Å². The summed E-state index contributed by atoms with van der Waals surface area (Å²) in [5, 5.41) is 3.28. The Morgan fingerprint density at radius 2 is 2.00 bits per heavy atom. The number of rotatable bonds is 6. The van der Waals surface area contributed by atoms with Crippen LogP contribution in [0.15, 0.2) is 18.2 Å². The molecular weight excluding hydrogens is 250 g/mol. The average Bonchev–Trinajstić information content (AvgIpc) is 2.52. The number of methoxy groups -OCH3 is 1. The van der Waals surface area contributed by atoms with E-state index in [2.05, 4.69) is 18.3 Å². The second-order valence-corrected chi connectivity index (χ2v) is 5.73. The van der Waals surface area contributed by atoms with E-state index in [1.165, 1.54) is 37.7 Å². The van der Waals surface area contributed by atoms with Crippen LogP contribution in [-0.2, 0) is 0 Å². The molecule has 1 N–H and O–H groups in total. The van der Waals surface area contributed by atoms with Crippen molar-refractivity contribution < 1.29 is 9.47 Å². The van der Waals surface area contributed by atoms with Crippen molar-refractivity contribution in [2.75, 3.05) is 20.8 Å². The van der Waals surface area contributed by atoms with Crippen LogP contribution >= 0.6 is 0 Å². The number of hydrogen-bond donors (Lipinski definition) is 1. The van der Waals surface area contributed by atoms with Gasteiger partial charge in [-0.3, -0.25) is 0 Å². The molecule has 1 aliphatic carbocycles. The Kier molecular flexibility index (Phi) is 5.72. The van der Waals surface area contributed by atoms with Gasteiger partial charge in [0.2, 0.25) is 0 Å². The summed E-state index contributed by atoms with van der Waals surface area (Å²) in [6.07, 6.45) is 6.71. The van der Waals surface area contributed by atoms with E-state index in [0.717, 1.165) is 18.1 Å². The molecule has 2 rings (SSSR count). The van der Waals surface area contributed by atoms with Crippen LogP contribution < -0.4 is 14.8 Å². The van der Waals surface area contributed by atoms with Gasteiger partial charge in [-0.2, -0.15) is 0 Å². The zero-order chi connectivity index (χ0) is 14.4. The number of hydrogen-bond acceptors (Lipinski definition) is 3. The molecule has 20 heavy (non-hydrogen) atoms. The summed E-state index contributed by atoms with van der Waals surface area (Å²) in [7, 11) is 3.67. The Balaban J connectivity index is 2.06. The van der Waals surface area contributed by atoms with E-state index >= 15 is 0 Å². The lowest BCUT2D eigenvalue weighted by Gasteiger charge is -2.23. The lowest BCUT2D eigenvalue weighted by atomic mass is 9.90. The van der Waals surface area contributed by atoms with Crippen LogP contribution in [0.3, 0.4) is 0 Å². The van der Waals surface area contributed by atoms with E-state index in [1.807, 2.05) is 19.2 Å². The van der Waals surface area contributed by atoms with Crippen LogP contribution in [0.25, 0.3) is 0 Å². The van der Waals surface area contributed by atoms with Gasteiger partial charge >= 0.3 is 0 Å². The Bertz CT molecular complexity index is 413. The maximum Gasteiger partial charge on any atom is 0.127 e. The maximum atomic E-state index is 6.12. The van der Waals surface area contributed by atoms with E-state index < -0.39 is 0 Å². The summed E-state index contributed by atoms with van der Waals surface area (Å²) in [5.41, 5.74) is 1.20. The summed E-state index contributed by atoms with van der Waals surface area (Å²) in [6.45, 7) is 2.98. The van der Waals surface area contributed by atoms with Gasteiger partial charge in [-0.05, 0) is 38.8 Å². The van der Waals surface area contributed by atoms with Crippen molar-refractivity contribution in [3.05, 3.63) is 23.8 Å². The van der Waals surface area contributed by atoms with Crippen molar-refractivity contribution in [1.82, 2.24) is 5.32 Å². The standard InChI is InChI=1S/C17H27NO2/c1-13(18-2)16-10-9-15(19-3)11-17(16)20-12-14-7-5-4-6-8-14/h9-11,13-14,18H,4-8,12H2,1-3H3. The van der Waals surface area contributed by atoms with Crippen LogP contribution in [0, 0.1) is 5.92 Å². The third-order valence-electron chi connectivity index (χ3n) is 4.32. The predicted molar refractivity (Wildman–Crippen MR) is 82.5 cm³/mol. The Labute approximate surface area is 122 Å². The molecule has 1 atom stereocenters. The molecule has 0 heterocycles. The van der Waals surface area contributed by atoms with Gasteiger partial charge in [0.25, 0.3) is 0 Å². The molecule has 1 aliphatic rings. The SMILES string of the molecule is CNC(C)c1ccc(OC)cc1OCC1CCCCC1. The fourth-order valence-corrected chi connectivity index (χ4v) is 2.84. The summed E-state index contributed by atoms with van der Waals surface area (Å²) in [4.78, 5) is 0. The van der Waals surface area contributed by atoms with E-state index in [4.69, 9.17) is 9.47 Å². The van der Waals surface area contributed by atoms with Crippen LogP contribution in [0.4, 0.5) is 0 Å². The molecule has 0 aliphatic heterocycles. The zero-order valence-corrected chi connectivity index (χ0v) is 12.9. The first-order valence-electron chi connectivity index (χ1n) is 7.72. The number of ether oxygens (including phenoxy) is 2. The van der Waals surface area contributed by atoms with E-state index in [-0.39, 0.29) is 6.04 Å². The van der Waals surface area contributed by atoms with Crippen LogP contribution in [0.2, 0.25) is 0 Å². The van der Waals surface area contributed by atoms with Crippen LogP contribution in [0.1, 0.15) is 50.6 Å². The van der Waals surface area contributed by atoms with Gasteiger partial charge < -0.3 is 14.8 Å². The Morgan fingerprint density at radius 1 is 1.25 bits per heavy atom. The highest BCUT2D eigenvalue weighted by Crippen LogP contribution is 2.31. The Hall–Kier alpha value is -1.22. The fraction of sp³-hybridized carbons (Fsp3) is 0.647. The smallest absolute Gasteiger partial charge is 0.127 e. The lowest BCUT2D eigenvalue weighted by Crippen LogP contribution is -2.18. The van der Waals surface area contributed by atoms with Gasteiger partial charge in [0, 0.05) is 17.7 Å². The molecule has 1 aromatic carbocycles. The third-order valence-corrected chi connectivity index (χ3v) is 4.32. The first-order chi connectivity index (χ1) is 9.74. The zero-order valence-electron chi connectivity index (χ0n) is 12.9. The fourth-order valence-electron chi connectivity index (χ4n) is 2.84. The molecule has 0 saturated heterocycles. The maximum absolute atomic E-state index is 6.12. The van der Waals surface area contributed by atoms with Crippen molar-refractivity contribution >= 4 is 0 Å². The highest BCUT2D eigenvalue weighted by atomic mass is 16.5. The molecule has 0 bridgehead atoms. The van der Waals surface area contributed by atoms with Crippen molar-refractivity contribution in [3.63, 3.8) is 0 Å². The molecule has 0 aromatic heterocycles. The summed E-state index contributed by atoms with van der Waals surface area (Å²) < 4.78 is 11.4. The molecular formula is C17H27NO2. The number of benzene rings is 1. The van der Waals surface area contributed by atoms with Gasteiger partial charge in [-0.1, -0.05) is 25.3 Å². The molecule has 0 amide bonds. The van der Waals surface area contributed by atoms with Gasteiger partial charge in [-0.15, -0.1) is 0 Å². The molecule has 1 saturated carbocycles. The summed E-state index contributed by atoms with van der Waals surface area (Å²) >= 11 is 0. The van der Waals surface area contributed by atoms with Crippen molar-refractivity contribution in [3.8, 4) is 11.5 Å². The molecule has 0 spiro atoms. The van der Waals surface area contributed by atoms with Crippen molar-refractivity contribution in [2.24, 2.45) is 5.92 Å². The molecule has 1 aromatic rings. The van der Waals surface area contributed by atoms with E-state index in [1.54, 1.807) is 7.11 Å². The topological polar surface area (TPSA) is 30.5 Å². The molecule has 3 nitrogen and oxygen atoms in total. The minimum Gasteiger partial charge on any atom is -0.497 e. The number of nitrogens with one attached hydrogen (secondary N) is 1. The molecule has 1 fully saturated rings. The highest BCUT2D eigenvalue weighted by Gasteiger charge is 2.16.